The number of rotatable bonds is 5. The Labute approximate surface area is 190 Å². The summed E-state index contributed by atoms with van der Waals surface area (Å²) in [5.74, 6) is 0.139. The number of fused-ring (bicyclic) bond motifs is 1. The first-order valence-electron chi connectivity index (χ1n) is 10.2. The molecule has 0 atom stereocenters. The number of aromatic nitrogens is 3. The molecule has 0 fully saturated rings. The zero-order valence-corrected chi connectivity index (χ0v) is 18.5. The third kappa shape index (κ3) is 5.21. The van der Waals surface area contributed by atoms with Gasteiger partial charge in [0.1, 0.15) is 5.82 Å². The molecule has 0 saturated heterocycles. The van der Waals surface area contributed by atoms with Crippen molar-refractivity contribution >= 4 is 46.2 Å². The summed E-state index contributed by atoms with van der Waals surface area (Å²) in [5.41, 5.74) is 3.14. The minimum Gasteiger partial charge on any atom is -0.331 e. The van der Waals surface area contributed by atoms with Gasteiger partial charge in [0.2, 0.25) is 0 Å². The van der Waals surface area contributed by atoms with Gasteiger partial charge >= 0.3 is 6.03 Å². The Morgan fingerprint density at radius 2 is 1.88 bits per heavy atom. The highest BCUT2D eigenvalue weighted by atomic mass is 16.2. The molecular weight excluding hydrogens is 418 g/mol. The minimum absolute atomic E-state index is 0.272. The maximum Gasteiger partial charge on any atom is 0.322 e. The summed E-state index contributed by atoms with van der Waals surface area (Å²) in [5, 5.41) is 11.0. The zero-order chi connectivity index (χ0) is 23.4. The number of nitrogens with one attached hydrogen (secondary N) is 2. The summed E-state index contributed by atoms with van der Waals surface area (Å²) >= 11 is 0. The Hall–Kier alpha value is -4.53. The number of nitrogens with zero attached hydrogens (tertiary/aromatic N) is 5. The van der Waals surface area contributed by atoms with Gasteiger partial charge in [-0.05, 0) is 48.0 Å². The largest absolute Gasteiger partial charge is 0.331 e. The van der Waals surface area contributed by atoms with Gasteiger partial charge < -0.3 is 10.2 Å². The highest BCUT2D eigenvalue weighted by Crippen LogP contribution is 2.22. The normalized spacial score (nSPS) is 11.0. The molecule has 2 aromatic heterocycles. The number of amides is 3. The molecule has 166 valence electrons. The second kappa shape index (κ2) is 9.31. The maximum atomic E-state index is 13.0. The average Bonchev–Trinajstić information content (AvgIpc) is 3.17. The summed E-state index contributed by atoms with van der Waals surface area (Å²) < 4.78 is 1.73. The van der Waals surface area contributed by atoms with Gasteiger partial charge in [-0.2, -0.15) is 5.10 Å². The minimum atomic E-state index is -0.275. The van der Waals surface area contributed by atoms with Crippen molar-refractivity contribution in [2.75, 3.05) is 24.7 Å². The Bertz CT molecular complexity index is 1360. The van der Waals surface area contributed by atoms with Crippen molar-refractivity contribution in [3.8, 4) is 0 Å². The zero-order valence-electron chi connectivity index (χ0n) is 18.5. The third-order valence-electron chi connectivity index (χ3n) is 4.81. The predicted octanol–water partition coefficient (Wildman–Crippen LogP) is 4.06. The Balaban J connectivity index is 1.52. The summed E-state index contributed by atoms with van der Waals surface area (Å²) in [6.45, 7) is 0. The van der Waals surface area contributed by atoms with Crippen molar-refractivity contribution in [1.29, 1.82) is 0 Å². The predicted molar refractivity (Wildman–Crippen MR) is 129 cm³/mol. The lowest BCUT2D eigenvalue weighted by atomic mass is 10.1. The van der Waals surface area contributed by atoms with Crippen LogP contribution in [-0.4, -0.2) is 51.9 Å². The number of aryl methyl sites for hydroxylation is 1. The molecule has 0 unspecified atom stereocenters. The van der Waals surface area contributed by atoms with Crippen LogP contribution in [0.2, 0.25) is 0 Å². The van der Waals surface area contributed by atoms with E-state index in [0.717, 1.165) is 16.5 Å². The molecule has 3 amide bonds. The van der Waals surface area contributed by atoms with E-state index in [9.17, 15) is 9.59 Å². The van der Waals surface area contributed by atoms with Gasteiger partial charge in [-0.3, -0.25) is 19.8 Å². The summed E-state index contributed by atoms with van der Waals surface area (Å²) in [4.78, 5) is 34.8. The molecule has 0 aliphatic carbocycles. The molecule has 0 aliphatic rings. The lowest BCUT2D eigenvalue weighted by Gasteiger charge is -2.11. The van der Waals surface area contributed by atoms with E-state index in [0.29, 0.717) is 22.8 Å². The number of carbonyl (C=O) groups excluding carboxylic acids is 2. The number of benzene rings is 2. The van der Waals surface area contributed by atoms with Gasteiger partial charge in [0.25, 0.3) is 5.91 Å². The lowest BCUT2D eigenvalue weighted by molar-refractivity contribution is 0.102. The molecule has 9 nitrogen and oxygen atoms in total. The van der Waals surface area contributed by atoms with Gasteiger partial charge in [-0.15, -0.1) is 0 Å². The van der Waals surface area contributed by atoms with Crippen LogP contribution in [-0.2, 0) is 7.05 Å². The monoisotopic (exact) mass is 441 g/mol. The number of hydrogen-bond acceptors (Lipinski definition) is 5. The van der Waals surface area contributed by atoms with Crippen molar-refractivity contribution in [3.63, 3.8) is 0 Å². The first-order valence-corrected chi connectivity index (χ1v) is 10.2. The highest BCUT2D eigenvalue weighted by molar-refractivity contribution is 6.08. The summed E-state index contributed by atoms with van der Waals surface area (Å²) in [6, 6.07) is 15.9. The van der Waals surface area contributed by atoms with Crippen LogP contribution in [0.15, 0.2) is 72.0 Å². The maximum absolute atomic E-state index is 13.0. The molecular formula is C24H23N7O2. The van der Waals surface area contributed by atoms with E-state index in [1.54, 1.807) is 61.5 Å². The van der Waals surface area contributed by atoms with Crippen molar-refractivity contribution in [3.05, 3.63) is 78.1 Å². The molecule has 4 aromatic rings. The topological polar surface area (TPSA) is 105 Å². The molecule has 2 heterocycles. The van der Waals surface area contributed by atoms with Gasteiger partial charge in [0, 0.05) is 50.8 Å². The number of carbonyl (C=O) groups is 2. The fourth-order valence-electron chi connectivity index (χ4n) is 3.15. The number of para-hydroxylation sites is 1. The Kier molecular flexibility index (Phi) is 6.12. The quantitative estimate of drug-likeness (QED) is 0.456. The van der Waals surface area contributed by atoms with Gasteiger partial charge in [-0.1, -0.05) is 12.1 Å². The van der Waals surface area contributed by atoms with Crippen molar-refractivity contribution in [2.24, 2.45) is 12.0 Å². The Morgan fingerprint density at radius 3 is 2.70 bits per heavy atom. The van der Waals surface area contributed by atoms with Crippen LogP contribution in [0.4, 0.5) is 22.0 Å². The van der Waals surface area contributed by atoms with Crippen molar-refractivity contribution in [1.82, 2.24) is 19.7 Å². The molecule has 2 N–H and O–H groups in total. The standard InChI is InChI=1S/C24H23N7O2/c1-30(2)24(33)28-22-12-16(10-11-25-22)14-26-20-7-5-4-6-19(20)23(32)27-18-9-8-17-15-31(3)29-21(17)13-18/h4-15H,1-3H3,(H,27,32)(H,25,28,33)/b26-14+. The van der Waals surface area contributed by atoms with Crippen LogP contribution in [0.5, 0.6) is 0 Å². The number of hydrogen-bond donors (Lipinski definition) is 2. The molecule has 4 rings (SSSR count). The van der Waals surface area contributed by atoms with Crippen LogP contribution in [0.1, 0.15) is 15.9 Å². The van der Waals surface area contributed by atoms with E-state index < -0.39 is 0 Å². The molecule has 0 saturated carbocycles. The third-order valence-corrected chi connectivity index (χ3v) is 4.81. The van der Waals surface area contributed by atoms with E-state index in [1.165, 1.54) is 4.90 Å². The fraction of sp³-hybridized carbons (Fsp3) is 0.125. The fourth-order valence-corrected chi connectivity index (χ4v) is 3.15. The SMILES string of the molecule is CN(C)C(=O)Nc1cc(/C=N/c2ccccc2C(=O)Nc2ccc3cn(C)nc3c2)ccn1. The van der Waals surface area contributed by atoms with Crippen LogP contribution in [0, 0.1) is 0 Å². The van der Waals surface area contributed by atoms with Gasteiger partial charge in [0.05, 0.1) is 16.8 Å². The average molecular weight is 441 g/mol. The summed E-state index contributed by atoms with van der Waals surface area (Å²) in [6.07, 6.45) is 5.12. The summed E-state index contributed by atoms with van der Waals surface area (Å²) in [7, 11) is 5.16. The van der Waals surface area contributed by atoms with Crippen LogP contribution in [0.25, 0.3) is 10.9 Å². The lowest BCUT2D eigenvalue weighted by Crippen LogP contribution is -2.27. The van der Waals surface area contributed by atoms with E-state index >= 15 is 0 Å². The molecule has 0 spiro atoms. The number of anilines is 2. The second-order valence-electron chi connectivity index (χ2n) is 7.60. The molecule has 9 heteroatoms. The first kappa shape index (κ1) is 21.7. The first-order chi connectivity index (χ1) is 15.9. The van der Waals surface area contributed by atoms with Crippen LogP contribution >= 0.6 is 0 Å². The molecule has 0 aliphatic heterocycles. The molecule has 33 heavy (non-hydrogen) atoms. The van der Waals surface area contributed by atoms with Gasteiger partial charge in [0.15, 0.2) is 0 Å². The van der Waals surface area contributed by atoms with E-state index in [2.05, 4.69) is 25.7 Å². The number of pyridine rings is 1. The van der Waals surface area contributed by atoms with Crippen LogP contribution < -0.4 is 10.6 Å². The van der Waals surface area contributed by atoms with E-state index in [-0.39, 0.29) is 11.9 Å². The van der Waals surface area contributed by atoms with Crippen molar-refractivity contribution < 1.29 is 9.59 Å². The molecule has 2 aromatic carbocycles. The number of aliphatic imine (C=N–C) groups is 1. The highest BCUT2D eigenvalue weighted by Gasteiger charge is 2.12. The smallest absolute Gasteiger partial charge is 0.322 e. The van der Waals surface area contributed by atoms with Crippen molar-refractivity contribution in [2.45, 2.75) is 0 Å². The second-order valence-corrected chi connectivity index (χ2v) is 7.60. The number of urea groups is 1. The van der Waals surface area contributed by atoms with Crippen LogP contribution in [0.3, 0.4) is 0 Å². The van der Waals surface area contributed by atoms with Gasteiger partial charge in [-0.25, -0.2) is 9.78 Å². The molecule has 0 bridgehead atoms. The van der Waals surface area contributed by atoms with E-state index in [1.807, 2.05) is 37.5 Å². The Morgan fingerprint density at radius 1 is 1.06 bits per heavy atom. The molecule has 0 radical (unpaired) electrons. The van der Waals surface area contributed by atoms with E-state index in [4.69, 9.17) is 0 Å².